The molecule has 0 aromatic carbocycles. The minimum Gasteiger partial charge on any atom is -0.390 e. The van der Waals surface area contributed by atoms with Gasteiger partial charge in [0.1, 0.15) is 13.1 Å². The van der Waals surface area contributed by atoms with Crippen molar-refractivity contribution < 1.29 is 9.59 Å². The summed E-state index contributed by atoms with van der Waals surface area (Å²) in [4.78, 5) is 4.74. The van der Waals surface area contributed by atoms with Crippen LogP contribution in [0.4, 0.5) is 0 Å². The number of nitrogens with zero attached hydrogens (tertiary/aromatic N) is 2. The molecule has 0 aromatic heterocycles. The van der Waals surface area contributed by atoms with Gasteiger partial charge in [-0.3, -0.25) is 4.48 Å². The zero-order chi connectivity index (χ0) is 17.5. The normalized spacial score (nSPS) is 20.3. The number of likely N-dealkylation sites (N-methyl/N-ethyl adjacent to an activating group) is 1. The Labute approximate surface area is 150 Å². The molecule has 1 aliphatic rings. The lowest BCUT2D eigenvalue weighted by atomic mass is 10.0. The predicted octanol–water partition coefficient (Wildman–Crippen LogP) is 5.09. The molecular formula is C21H41N2O+. The molecule has 0 fully saturated rings. The third-order valence-electron chi connectivity index (χ3n) is 5.56. The SMILES string of the molecule is C=CCCCCCCCCCCCCC1=NCC[N+]1(CC)CCO. The third kappa shape index (κ3) is 7.94. The molecule has 24 heavy (non-hydrogen) atoms. The topological polar surface area (TPSA) is 32.6 Å². The molecule has 3 nitrogen and oxygen atoms in total. The zero-order valence-corrected chi connectivity index (χ0v) is 16.1. The Balaban J connectivity index is 1.97. The van der Waals surface area contributed by atoms with Crippen molar-refractivity contribution >= 4 is 5.84 Å². The van der Waals surface area contributed by atoms with Crippen LogP contribution in [-0.2, 0) is 0 Å². The number of allylic oxidation sites excluding steroid dienone is 1. The van der Waals surface area contributed by atoms with E-state index in [4.69, 9.17) is 4.99 Å². The number of aliphatic hydroxyl groups excluding tert-OH is 1. The summed E-state index contributed by atoms with van der Waals surface area (Å²) in [5, 5.41) is 9.34. The number of hydrogen-bond acceptors (Lipinski definition) is 2. The molecule has 0 saturated carbocycles. The summed E-state index contributed by atoms with van der Waals surface area (Å²) < 4.78 is 0.947. The number of amidine groups is 1. The van der Waals surface area contributed by atoms with Gasteiger partial charge in [0, 0.05) is 6.42 Å². The lowest BCUT2D eigenvalue weighted by Gasteiger charge is -2.33. The number of aliphatic hydroxyl groups is 1. The van der Waals surface area contributed by atoms with E-state index in [9.17, 15) is 5.11 Å². The van der Waals surface area contributed by atoms with Crippen LogP contribution >= 0.6 is 0 Å². The van der Waals surface area contributed by atoms with E-state index in [1.165, 1.54) is 76.5 Å². The van der Waals surface area contributed by atoms with Crippen molar-refractivity contribution in [3.63, 3.8) is 0 Å². The molecule has 1 atom stereocenters. The Hall–Kier alpha value is -0.670. The van der Waals surface area contributed by atoms with Gasteiger partial charge in [0.05, 0.1) is 19.7 Å². The van der Waals surface area contributed by atoms with Crippen molar-refractivity contribution in [3.8, 4) is 0 Å². The Morgan fingerprint density at radius 2 is 1.58 bits per heavy atom. The van der Waals surface area contributed by atoms with E-state index >= 15 is 0 Å². The minimum atomic E-state index is 0.278. The number of rotatable bonds is 16. The van der Waals surface area contributed by atoms with Gasteiger partial charge in [-0.1, -0.05) is 57.4 Å². The molecule has 1 heterocycles. The van der Waals surface area contributed by atoms with E-state index in [1.807, 2.05) is 6.08 Å². The van der Waals surface area contributed by atoms with Crippen LogP contribution in [0.1, 0.15) is 84.0 Å². The number of quaternary nitrogens is 1. The summed E-state index contributed by atoms with van der Waals surface area (Å²) in [5.41, 5.74) is 0. The second kappa shape index (κ2) is 13.6. The first-order valence-corrected chi connectivity index (χ1v) is 10.4. The molecule has 0 radical (unpaired) electrons. The van der Waals surface area contributed by atoms with E-state index < -0.39 is 0 Å². The molecule has 0 saturated heterocycles. The summed E-state index contributed by atoms with van der Waals surface area (Å²) in [6.07, 6.45) is 18.0. The highest BCUT2D eigenvalue weighted by molar-refractivity contribution is 5.76. The molecule has 0 spiro atoms. The lowest BCUT2D eigenvalue weighted by Crippen LogP contribution is -2.52. The molecule has 0 bridgehead atoms. The highest BCUT2D eigenvalue weighted by Gasteiger charge is 2.35. The Morgan fingerprint density at radius 1 is 1.00 bits per heavy atom. The van der Waals surface area contributed by atoms with Crippen LogP contribution in [-0.4, -0.2) is 48.2 Å². The van der Waals surface area contributed by atoms with Crippen molar-refractivity contribution in [1.82, 2.24) is 0 Å². The van der Waals surface area contributed by atoms with E-state index in [0.717, 1.165) is 37.1 Å². The summed E-state index contributed by atoms with van der Waals surface area (Å²) in [6.45, 7) is 10.3. The van der Waals surface area contributed by atoms with Gasteiger partial charge < -0.3 is 5.11 Å². The largest absolute Gasteiger partial charge is 0.390 e. The summed E-state index contributed by atoms with van der Waals surface area (Å²) in [6, 6.07) is 0. The van der Waals surface area contributed by atoms with E-state index in [2.05, 4.69) is 13.5 Å². The number of unbranched alkanes of at least 4 members (excludes halogenated alkanes) is 10. The van der Waals surface area contributed by atoms with Gasteiger partial charge in [0.15, 0.2) is 5.84 Å². The minimum absolute atomic E-state index is 0.278. The molecule has 1 N–H and O–H groups in total. The summed E-state index contributed by atoms with van der Waals surface area (Å²) in [7, 11) is 0. The first-order chi connectivity index (χ1) is 11.8. The smallest absolute Gasteiger partial charge is 0.198 e. The van der Waals surface area contributed by atoms with Crippen LogP contribution in [0.2, 0.25) is 0 Å². The van der Waals surface area contributed by atoms with Crippen molar-refractivity contribution in [1.29, 1.82) is 0 Å². The predicted molar refractivity (Wildman–Crippen MR) is 106 cm³/mol. The number of aliphatic imine (C=N–C) groups is 1. The second-order valence-electron chi connectivity index (χ2n) is 7.29. The highest BCUT2D eigenvalue weighted by Crippen LogP contribution is 2.20. The Morgan fingerprint density at radius 3 is 2.12 bits per heavy atom. The first-order valence-electron chi connectivity index (χ1n) is 10.4. The highest BCUT2D eigenvalue weighted by atomic mass is 16.3. The van der Waals surface area contributed by atoms with Gasteiger partial charge in [-0.15, -0.1) is 6.58 Å². The molecule has 1 unspecified atom stereocenters. The van der Waals surface area contributed by atoms with Crippen molar-refractivity contribution in [2.45, 2.75) is 84.0 Å². The third-order valence-corrected chi connectivity index (χ3v) is 5.56. The van der Waals surface area contributed by atoms with Gasteiger partial charge in [-0.05, 0) is 26.2 Å². The van der Waals surface area contributed by atoms with Gasteiger partial charge in [-0.25, -0.2) is 4.99 Å². The molecule has 1 aliphatic heterocycles. The second-order valence-corrected chi connectivity index (χ2v) is 7.29. The van der Waals surface area contributed by atoms with Crippen molar-refractivity contribution in [2.75, 3.05) is 32.8 Å². The van der Waals surface area contributed by atoms with E-state index in [-0.39, 0.29) is 6.61 Å². The van der Waals surface area contributed by atoms with E-state index in [1.54, 1.807) is 0 Å². The average molecular weight is 338 g/mol. The molecule has 3 heteroatoms. The maximum atomic E-state index is 9.34. The van der Waals surface area contributed by atoms with Crippen LogP contribution in [0.5, 0.6) is 0 Å². The fraction of sp³-hybridized carbons (Fsp3) is 0.857. The molecule has 1 rings (SSSR count). The molecular weight excluding hydrogens is 296 g/mol. The molecule has 0 aliphatic carbocycles. The summed E-state index contributed by atoms with van der Waals surface area (Å²) in [5.74, 6) is 1.35. The van der Waals surface area contributed by atoms with Crippen molar-refractivity contribution in [2.24, 2.45) is 4.99 Å². The zero-order valence-electron chi connectivity index (χ0n) is 16.1. The van der Waals surface area contributed by atoms with Gasteiger partial charge in [0.25, 0.3) is 0 Å². The fourth-order valence-electron chi connectivity index (χ4n) is 3.88. The monoisotopic (exact) mass is 337 g/mol. The Bertz CT molecular complexity index is 354. The Kier molecular flexibility index (Phi) is 12.1. The van der Waals surface area contributed by atoms with Gasteiger partial charge in [0.2, 0.25) is 0 Å². The maximum Gasteiger partial charge on any atom is 0.198 e. The van der Waals surface area contributed by atoms with Crippen LogP contribution < -0.4 is 0 Å². The van der Waals surface area contributed by atoms with Crippen LogP contribution in [0, 0.1) is 0 Å². The van der Waals surface area contributed by atoms with Gasteiger partial charge in [-0.2, -0.15) is 0 Å². The average Bonchev–Trinajstić information content (AvgIpc) is 2.99. The molecule has 0 amide bonds. The standard InChI is InChI=1S/C21H41N2O/c1-3-5-6-7-8-9-10-11-12-13-14-15-16-21-22-17-18-23(21,4-2)19-20-24/h3,24H,1,4-20H2,2H3/q+1. The van der Waals surface area contributed by atoms with E-state index in [0.29, 0.717) is 0 Å². The molecule has 140 valence electrons. The lowest BCUT2D eigenvalue weighted by molar-refractivity contribution is -0.835. The van der Waals surface area contributed by atoms with Crippen molar-refractivity contribution in [3.05, 3.63) is 12.7 Å². The maximum absolute atomic E-state index is 9.34. The van der Waals surface area contributed by atoms with Crippen LogP contribution in [0.15, 0.2) is 17.6 Å². The van der Waals surface area contributed by atoms with Gasteiger partial charge >= 0.3 is 0 Å². The number of hydrogen-bond donors (Lipinski definition) is 1. The molecule has 0 aromatic rings. The van der Waals surface area contributed by atoms with Crippen LogP contribution in [0.25, 0.3) is 0 Å². The quantitative estimate of drug-likeness (QED) is 0.237. The van der Waals surface area contributed by atoms with Crippen LogP contribution in [0.3, 0.4) is 0 Å². The fourth-order valence-corrected chi connectivity index (χ4v) is 3.88. The summed E-state index contributed by atoms with van der Waals surface area (Å²) >= 11 is 0. The first kappa shape index (κ1) is 21.4.